The largest absolute Gasteiger partial charge is 0.361 e. The summed E-state index contributed by atoms with van der Waals surface area (Å²) >= 11 is 0. The lowest BCUT2D eigenvalue weighted by atomic mass is 10.1. The van der Waals surface area contributed by atoms with Gasteiger partial charge in [0.1, 0.15) is 6.04 Å². The van der Waals surface area contributed by atoms with Crippen molar-refractivity contribution in [1.29, 1.82) is 0 Å². The Bertz CT molecular complexity index is 1020. The molecular weight excluding hydrogens is 320 g/mol. The standard InChI is InChI=1S/C22H22N4/c1-13-7-17(24-12-13)10-19-15(3)8-18(25-19)11-20-16(4)9-21(26-20)22-14(2)5-6-23-22/h5-12,22,24H,1-4H3/b19-10?,20-11+. The van der Waals surface area contributed by atoms with Gasteiger partial charge in [-0.3, -0.25) is 9.98 Å². The molecule has 0 bridgehead atoms. The normalized spacial score (nSPS) is 24.9. The summed E-state index contributed by atoms with van der Waals surface area (Å²) in [5.74, 6) is 0. The molecule has 1 N–H and O–H groups in total. The van der Waals surface area contributed by atoms with Gasteiger partial charge in [-0.15, -0.1) is 0 Å². The van der Waals surface area contributed by atoms with Gasteiger partial charge in [-0.2, -0.15) is 0 Å². The number of hydrogen-bond acceptors (Lipinski definition) is 3. The number of allylic oxidation sites excluding steroid dienone is 5. The van der Waals surface area contributed by atoms with Crippen LogP contribution in [0.1, 0.15) is 32.0 Å². The number of hydrogen-bond donors (Lipinski definition) is 1. The monoisotopic (exact) mass is 342 g/mol. The van der Waals surface area contributed by atoms with E-state index in [4.69, 9.17) is 9.98 Å². The van der Waals surface area contributed by atoms with Crippen molar-refractivity contribution in [3.8, 4) is 0 Å². The van der Waals surface area contributed by atoms with Crippen LogP contribution in [-0.4, -0.2) is 28.7 Å². The molecule has 1 unspecified atom stereocenters. The van der Waals surface area contributed by atoms with Gasteiger partial charge in [0.2, 0.25) is 0 Å². The van der Waals surface area contributed by atoms with E-state index < -0.39 is 0 Å². The highest BCUT2D eigenvalue weighted by Gasteiger charge is 2.22. The number of aromatic nitrogens is 1. The first-order valence-electron chi connectivity index (χ1n) is 8.82. The second kappa shape index (κ2) is 6.37. The van der Waals surface area contributed by atoms with E-state index in [1.165, 1.54) is 11.1 Å². The van der Waals surface area contributed by atoms with Crippen molar-refractivity contribution in [1.82, 2.24) is 4.98 Å². The molecule has 4 heteroatoms. The molecule has 0 saturated carbocycles. The molecule has 0 spiro atoms. The Morgan fingerprint density at radius 3 is 2.42 bits per heavy atom. The van der Waals surface area contributed by atoms with E-state index in [2.05, 4.69) is 68.0 Å². The molecule has 1 aromatic heterocycles. The zero-order valence-electron chi connectivity index (χ0n) is 15.5. The lowest BCUT2D eigenvalue weighted by Crippen LogP contribution is -2.14. The van der Waals surface area contributed by atoms with E-state index in [1.54, 1.807) is 0 Å². The molecular formula is C22H22N4. The SMILES string of the molecule is CC1=CC(/C=C2/N=C(C3N=CC=C3C)C=C2C)=NC1=Cc1cc(C)c[nH]1. The molecule has 0 saturated heterocycles. The van der Waals surface area contributed by atoms with Gasteiger partial charge >= 0.3 is 0 Å². The van der Waals surface area contributed by atoms with E-state index >= 15 is 0 Å². The Labute approximate surface area is 153 Å². The molecule has 26 heavy (non-hydrogen) atoms. The number of nitrogens with zero attached hydrogens (tertiary/aromatic N) is 3. The molecule has 3 aliphatic rings. The first kappa shape index (κ1) is 16.5. The molecule has 4 heterocycles. The van der Waals surface area contributed by atoms with Gasteiger partial charge in [-0.25, -0.2) is 4.99 Å². The highest BCUT2D eigenvalue weighted by atomic mass is 14.9. The van der Waals surface area contributed by atoms with Crippen LogP contribution < -0.4 is 0 Å². The third-order valence-electron chi connectivity index (χ3n) is 4.75. The molecule has 1 aromatic rings. The summed E-state index contributed by atoms with van der Waals surface area (Å²) in [5.41, 5.74) is 9.73. The Hall–Kier alpha value is -3.01. The maximum absolute atomic E-state index is 4.80. The number of aromatic amines is 1. The summed E-state index contributed by atoms with van der Waals surface area (Å²) in [7, 11) is 0. The third kappa shape index (κ3) is 3.10. The fourth-order valence-electron chi connectivity index (χ4n) is 3.28. The van der Waals surface area contributed by atoms with E-state index in [-0.39, 0.29) is 6.04 Å². The number of aliphatic imine (C=N–C) groups is 3. The summed E-state index contributed by atoms with van der Waals surface area (Å²) < 4.78 is 0. The zero-order chi connectivity index (χ0) is 18.3. The Balaban J connectivity index is 1.61. The van der Waals surface area contributed by atoms with Crippen LogP contribution >= 0.6 is 0 Å². The zero-order valence-corrected chi connectivity index (χ0v) is 15.5. The third-order valence-corrected chi connectivity index (χ3v) is 4.75. The lowest BCUT2D eigenvalue weighted by Gasteiger charge is -2.06. The molecule has 130 valence electrons. The number of aryl methyl sites for hydroxylation is 1. The van der Waals surface area contributed by atoms with Crippen molar-refractivity contribution in [2.24, 2.45) is 15.0 Å². The van der Waals surface area contributed by atoms with Gasteiger partial charge in [0, 0.05) is 18.1 Å². The van der Waals surface area contributed by atoms with E-state index in [9.17, 15) is 0 Å². The minimum absolute atomic E-state index is 0.0604. The first-order valence-corrected chi connectivity index (χ1v) is 8.82. The fraction of sp³-hybridized carbons (Fsp3) is 0.227. The van der Waals surface area contributed by atoms with Crippen LogP contribution in [0.5, 0.6) is 0 Å². The molecule has 0 fully saturated rings. The van der Waals surface area contributed by atoms with Crippen molar-refractivity contribution in [3.63, 3.8) is 0 Å². The van der Waals surface area contributed by atoms with Gasteiger partial charge in [0.15, 0.2) is 0 Å². The van der Waals surface area contributed by atoms with Crippen molar-refractivity contribution in [2.75, 3.05) is 0 Å². The molecule has 4 rings (SSSR count). The maximum atomic E-state index is 4.80. The van der Waals surface area contributed by atoms with E-state index in [1.807, 2.05) is 18.5 Å². The smallest absolute Gasteiger partial charge is 0.113 e. The van der Waals surface area contributed by atoms with Gasteiger partial charge < -0.3 is 4.98 Å². The van der Waals surface area contributed by atoms with Crippen LogP contribution in [0.25, 0.3) is 6.08 Å². The van der Waals surface area contributed by atoms with Crippen molar-refractivity contribution < 1.29 is 0 Å². The second-order valence-corrected chi connectivity index (χ2v) is 7.03. The summed E-state index contributed by atoms with van der Waals surface area (Å²) in [6, 6.07) is 2.18. The van der Waals surface area contributed by atoms with E-state index in [0.29, 0.717) is 0 Å². The van der Waals surface area contributed by atoms with Crippen LogP contribution in [-0.2, 0) is 0 Å². The van der Waals surface area contributed by atoms with Gasteiger partial charge in [0.05, 0.1) is 22.8 Å². The average molecular weight is 342 g/mol. The van der Waals surface area contributed by atoms with Crippen LogP contribution in [0.2, 0.25) is 0 Å². The molecule has 0 amide bonds. The topological polar surface area (TPSA) is 52.9 Å². The minimum atomic E-state index is 0.0604. The predicted molar refractivity (Wildman–Crippen MR) is 110 cm³/mol. The van der Waals surface area contributed by atoms with Gasteiger partial charge in [0.25, 0.3) is 0 Å². The van der Waals surface area contributed by atoms with Crippen LogP contribution in [0.3, 0.4) is 0 Å². The first-order chi connectivity index (χ1) is 12.5. The quantitative estimate of drug-likeness (QED) is 0.824. The van der Waals surface area contributed by atoms with Crippen molar-refractivity contribution in [2.45, 2.75) is 33.7 Å². The highest BCUT2D eigenvalue weighted by molar-refractivity contribution is 6.11. The predicted octanol–water partition coefficient (Wildman–Crippen LogP) is 4.75. The Morgan fingerprint density at radius 1 is 0.962 bits per heavy atom. The fourth-order valence-corrected chi connectivity index (χ4v) is 3.28. The van der Waals surface area contributed by atoms with E-state index in [0.717, 1.165) is 39.7 Å². The molecule has 0 aromatic carbocycles. The highest BCUT2D eigenvalue weighted by Crippen LogP contribution is 2.27. The molecule has 3 aliphatic heterocycles. The van der Waals surface area contributed by atoms with Gasteiger partial charge in [-0.1, -0.05) is 0 Å². The maximum Gasteiger partial charge on any atom is 0.113 e. The number of rotatable bonds is 3. The van der Waals surface area contributed by atoms with Crippen molar-refractivity contribution in [3.05, 3.63) is 75.9 Å². The molecule has 4 nitrogen and oxygen atoms in total. The molecule has 1 atom stereocenters. The second-order valence-electron chi connectivity index (χ2n) is 7.03. The van der Waals surface area contributed by atoms with Crippen molar-refractivity contribution >= 4 is 23.7 Å². The summed E-state index contributed by atoms with van der Waals surface area (Å²) in [6.07, 6.45) is 14.3. The van der Waals surface area contributed by atoms with Crippen LogP contribution in [0.15, 0.2) is 79.7 Å². The Morgan fingerprint density at radius 2 is 1.73 bits per heavy atom. The molecule has 0 aliphatic carbocycles. The van der Waals surface area contributed by atoms with Gasteiger partial charge in [-0.05, 0) is 86.4 Å². The average Bonchev–Trinajstić information content (AvgIpc) is 3.33. The minimum Gasteiger partial charge on any atom is -0.361 e. The van der Waals surface area contributed by atoms with Crippen LogP contribution in [0.4, 0.5) is 0 Å². The lowest BCUT2D eigenvalue weighted by molar-refractivity contribution is 1.03. The summed E-state index contributed by atoms with van der Waals surface area (Å²) in [4.78, 5) is 17.3. The summed E-state index contributed by atoms with van der Waals surface area (Å²) in [5, 5.41) is 0. The number of nitrogens with one attached hydrogen (secondary N) is 1. The summed E-state index contributed by atoms with van der Waals surface area (Å²) in [6.45, 7) is 8.34. The number of H-pyrrole nitrogens is 1. The molecule has 0 radical (unpaired) electrons. The Kier molecular flexibility index (Phi) is 4.03. The van der Waals surface area contributed by atoms with Crippen LogP contribution in [0, 0.1) is 6.92 Å².